The zero-order valence-corrected chi connectivity index (χ0v) is 12.5. The molecule has 0 saturated heterocycles. The smallest absolute Gasteiger partial charge is 0.270 e. The number of nitro groups is 2. The standard InChI is InChI=1S/C13H12N6O4/c1-7-13(8(2)16(3)14-7)17-6-10-11(15-17)4-9(18(20)21)5-12(10)19(22)23/h4-6H,1-3H3. The quantitative estimate of drug-likeness (QED) is 0.539. The van der Waals surface area contributed by atoms with Crippen molar-refractivity contribution in [1.82, 2.24) is 19.6 Å². The number of nitro benzene ring substituents is 2. The van der Waals surface area contributed by atoms with Gasteiger partial charge in [-0.1, -0.05) is 0 Å². The summed E-state index contributed by atoms with van der Waals surface area (Å²) in [5.41, 5.74) is 1.70. The molecule has 0 aliphatic rings. The molecule has 1 aromatic carbocycles. The third-order valence-electron chi connectivity index (χ3n) is 3.70. The van der Waals surface area contributed by atoms with Crippen LogP contribution in [0.2, 0.25) is 0 Å². The van der Waals surface area contributed by atoms with Gasteiger partial charge in [0.05, 0.1) is 32.7 Å². The summed E-state index contributed by atoms with van der Waals surface area (Å²) in [4.78, 5) is 20.8. The van der Waals surface area contributed by atoms with Crippen LogP contribution in [0.15, 0.2) is 18.3 Å². The molecule has 0 amide bonds. The largest absolute Gasteiger partial charge is 0.287 e. The average molecular weight is 316 g/mol. The van der Waals surface area contributed by atoms with Gasteiger partial charge in [0.15, 0.2) is 0 Å². The molecule has 0 spiro atoms. The Hall–Kier alpha value is -3.30. The van der Waals surface area contributed by atoms with Gasteiger partial charge in [0.2, 0.25) is 0 Å². The zero-order chi connectivity index (χ0) is 16.9. The fraction of sp³-hybridized carbons (Fsp3) is 0.231. The minimum Gasteiger partial charge on any atom is -0.270 e. The second-order valence-electron chi connectivity index (χ2n) is 5.13. The lowest BCUT2D eigenvalue weighted by atomic mass is 10.2. The van der Waals surface area contributed by atoms with Crippen LogP contribution in [0.3, 0.4) is 0 Å². The summed E-state index contributed by atoms with van der Waals surface area (Å²) in [6.07, 6.45) is 1.49. The van der Waals surface area contributed by atoms with Gasteiger partial charge in [-0.3, -0.25) is 24.9 Å². The fourth-order valence-corrected chi connectivity index (χ4v) is 2.56. The molecule has 0 atom stereocenters. The lowest BCUT2D eigenvalue weighted by Gasteiger charge is -2.00. The fourth-order valence-electron chi connectivity index (χ4n) is 2.56. The van der Waals surface area contributed by atoms with Crippen LogP contribution in [0.5, 0.6) is 0 Å². The first-order valence-electron chi connectivity index (χ1n) is 6.62. The van der Waals surface area contributed by atoms with Crippen molar-refractivity contribution in [2.45, 2.75) is 13.8 Å². The van der Waals surface area contributed by atoms with Crippen molar-refractivity contribution in [3.63, 3.8) is 0 Å². The number of aryl methyl sites for hydroxylation is 2. The second kappa shape index (κ2) is 4.87. The van der Waals surface area contributed by atoms with Crippen molar-refractivity contribution in [1.29, 1.82) is 0 Å². The molecule has 2 heterocycles. The van der Waals surface area contributed by atoms with Gasteiger partial charge >= 0.3 is 0 Å². The van der Waals surface area contributed by atoms with Crippen LogP contribution in [0, 0.1) is 34.1 Å². The van der Waals surface area contributed by atoms with Gasteiger partial charge in [-0.2, -0.15) is 10.2 Å². The molecule has 0 unspecified atom stereocenters. The topological polar surface area (TPSA) is 122 Å². The van der Waals surface area contributed by atoms with Crippen molar-refractivity contribution in [3.8, 4) is 5.69 Å². The molecule has 23 heavy (non-hydrogen) atoms. The summed E-state index contributed by atoms with van der Waals surface area (Å²) in [5.74, 6) is 0. The first-order chi connectivity index (χ1) is 10.8. The monoisotopic (exact) mass is 316 g/mol. The minimum absolute atomic E-state index is 0.188. The van der Waals surface area contributed by atoms with Crippen LogP contribution in [0.4, 0.5) is 11.4 Å². The van der Waals surface area contributed by atoms with Gasteiger partial charge in [-0.25, -0.2) is 4.68 Å². The van der Waals surface area contributed by atoms with Crippen LogP contribution >= 0.6 is 0 Å². The van der Waals surface area contributed by atoms with Gasteiger partial charge in [0.25, 0.3) is 11.4 Å². The predicted octanol–water partition coefficient (Wildman–Crippen LogP) is 2.19. The van der Waals surface area contributed by atoms with Crippen LogP contribution in [-0.4, -0.2) is 29.4 Å². The third kappa shape index (κ3) is 2.20. The van der Waals surface area contributed by atoms with E-state index in [1.54, 1.807) is 18.7 Å². The Morgan fingerprint density at radius 3 is 2.30 bits per heavy atom. The number of non-ortho nitro benzene ring substituents is 2. The molecule has 3 aromatic rings. The highest BCUT2D eigenvalue weighted by molar-refractivity contribution is 5.90. The van der Waals surface area contributed by atoms with Crippen molar-refractivity contribution in [2.75, 3.05) is 0 Å². The number of rotatable bonds is 3. The van der Waals surface area contributed by atoms with Crippen molar-refractivity contribution in [2.24, 2.45) is 7.05 Å². The highest BCUT2D eigenvalue weighted by atomic mass is 16.6. The maximum Gasteiger partial charge on any atom is 0.287 e. The van der Waals surface area contributed by atoms with Crippen LogP contribution in [0.25, 0.3) is 16.6 Å². The van der Waals surface area contributed by atoms with E-state index in [-0.39, 0.29) is 22.3 Å². The second-order valence-corrected chi connectivity index (χ2v) is 5.13. The Kier molecular flexibility index (Phi) is 3.09. The van der Waals surface area contributed by atoms with Gasteiger partial charge in [0, 0.05) is 19.3 Å². The number of hydrogen-bond donors (Lipinski definition) is 0. The van der Waals surface area contributed by atoms with Crippen LogP contribution in [0.1, 0.15) is 11.4 Å². The maximum absolute atomic E-state index is 11.2. The normalized spacial score (nSPS) is 11.1. The van der Waals surface area contributed by atoms with Crippen molar-refractivity contribution >= 4 is 22.3 Å². The molecule has 0 radical (unpaired) electrons. The van der Waals surface area contributed by atoms with E-state index in [4.69, 9.17) is 0 Å². The molecule has 10 heteroatoms. The van der Waals surface area contributed by atoms with E-state index in [1.165, 1.54) is 16.9 Å². The van der Waals surface area contributed by atoms with Gasteiger partial charge < -0.3 is 0 Å². The molecule has 0 bridgehead atoms. The number of hydrogen-bond acceptors (Lipinski definition) is 6. The van der Waals surface area contributed by atoms with E-state index in [0.717, 1.165) is 11.8 Å². The highest BCUT2D eigenvalue weighted by Gasteiger charge is 2.23. The highest BCUT2D eigenvalue weighted by Crippen LogP contribution is 2.31. The molecule has 0 N–H and O–H groups in total. The van der Waals surface area contributed by atoms with E-state index in [9.17, 15) is 20.2 Å². The number of aromatic nitrogens is 4. The molecule has 0 aliphatic heterocycles. The molecule has 0 aliphatic carbocycles. The number of benzene rings is 1. The predicted molar refractivity (Wildman–Crippen MR) is 80.6 cm³/mol. The van der Waals surface area contributed by atoms with Gasteiger partial charge in [-0.15, -0.1) is 0 Å². The summed E-state index contributed by atoms with van der Waals surface area (Å²) < 4.78 is 3.15. The van der Waals surface area contributed by atoms with Crippen LogP contribution < -0.4 is 0 Å². The summed E-state index contributed by atoms with van der Waals surface area (Å²) in [5, 5.41) is 30.9. The molecular formula is C13H12N6O4. The van der Waals surface area contributed by atoms with E-state index >= 15 is 0 Å². The molecule has 0 saturated carbocycles. The van der Waals surface area contributed by atoms with Gasteiger partial charge in [-0.05, 0) is 13.8 Å². The van der Waals surface area contributed by atoms with Crippen LogP contribution in [-0.2, 0) is 7.05 Å². The SMILES string of the molecule is Cc1nn(C)c(C)c1-n1cc2c([N+](=O)[O-])cc([N+](=O)[O-])cc2n1. The summed E-state index contributed by atoms with van der Waals surface area (Å²) in [6, 6.07) is 2.16. The summed E-state index contributed by atoms with van der Waals surface area (Å²) >= 11 is 0. The minimum atomic E-state index is -0.675. The molecule has 0 fully saturated rings. The molecular weight excluding hydrogens is 304 g/mol. The lowest BCUT2D eigenvalue weighted by Crippen LogP contribution is -1.98. The van der Waals surface area contributed by atoms with Gasteiger partial charge in [0.1, 0.15) is 11.2 Å². The van der Waals surface area contributed by atoms with E-state index < -0.39 is 9.85 Å². The number of nitrogens with zero attached hydrogens (tertiary/aromatic N) is 6. The zero-order valence-electron chi connectivity index (χ0n) is 12.5. The first kappa shape index (κ1) is 14.6. The Labute approximate surface area is 129 Å². The maximum atomic E-state index is 11.2. The summed E-state index contributed by atoms with van der Waals surface area (Å²) in [7, 11) is 1.78. The Balaban J connectivity index is 2.32. The first-order valence-corrected chi connectivity index (χ1v) is 6.62. The average Bonchev–Trinajstić information content (AvgIpc) is 2.98. The van der Waals surface area contributed by atoms with E-state index in [1.807, 2.05) is 6.92 Å². The molecule has 2 aromatic heterocycles. The lowest BCUT2D eigenvalue weighted by molar-refractivity contribution is -0.393. The van der Waals surface area contributed by atoms with E-state index in [2.05, 4.69) is 10.2 Å². The Bertz CT molecular complexity index is 971. The molecule has 10 nitrogen and oxygen atoms in total. The Morgan fingerprint density at radius 2 is 1.78 bits per heavy atom. The van der Waals surface area contributed by atoms with E-state index in [0.29, 0.717) is 11.4 Å². The Morgan fingerprint density at radius 1 is 1.09 bits per heavy atom. The molecule has 118 valence electrons. The van der Waals surface area contributed by atoms with Crippen molar-refractivity contribution in [3.05, 3.63) is 49.9 Å². The van der Waals surface area contributed by atoms with Crippen molar-refractivity contribution < 1.29 is 9.85 Å². The number of fused-ring (bicyclic) bond motifs is 1. The molecule has 3 rings (SSSR count). The third-order valence-corrected chi connectivity index (χ3v) is 3.70. The summed E-state index contributed by atoms with van der Waals surface area (Å²) in [6.45, 7) is 3.64.